The molecule has 0 spiro atoms. The third-order valence-corrected chi connectivity index (χ3v) is 6.16. The number of ether oxygens (including phenoxy) is 1. The fourth-order valence-corrected chi connectivity index (χ4v) is 4.78. The second kappa shape index (κ2) is 8.07. The number of halogens is 1. The highest BCUT2D eigenvalue weighted by Crippen LogP contribution is 2.36. The molecule has 0 bridgehead atoms. The van der Waals surface area contributed by atoms with E-state index in [1.165, 1.54) is 11.1 Å². The van der Waals surface area contributed by atoms with Crippen molar-refractivity contribution in [2.24, 2.45) is 0 Å². The zero-order valence-corrected chi connectivity index (χ0v) is 17.2. The number of hydrogen-bond acceptors (Lipinski definition) is 3. The molecule has 0 unspecified atom stereocenters. The molecule has 0 N–H and O–H groups in total. The molecule has 27 heavy (non-hydrogen) atoms. The van der Waals surface area contributed by atoms with Gasteiger partial charge >= 0.3 is 0 Å². The monoisotopic (exact) mass is 401 g/mol. The molecule has 4 rings (SSSR count). The molecular formula is C22H24ClNO2S. The van der Waals surface area contributed by atoms with Crippen molar-refractivity contribution in [3.05, 3.63) is 50.4 Å². The topological polar surface area (TPSA) is 31.2 Å². The summed E-state index contributed by atoms with van der Waals surface area (Å²) in [6.07, 6.45) is 6.89. The Balaban J connectivity index is 2.04. The van der Waals surface area contributed by atoms with Crippen LogP contribution in [0.25, 0.3) is 22.0 Å². The Bertz CT molecular complexity index is 1010. The summed E-state index contributed by atoms with van der Waals surface area (Å²) >= 11 is 7.60. The van der Waals surface area contributed by atoms with Gasteiger partial charge in [-0.3, -0.25) is 4.79 Å². The number of fused-ring (bicyclic) bond motifs is 3. The number of pyridine rings is 1. The molecule has 3 nitrogen and oxygen atoms in total. The second-order valence-electron chi connectivity index (χ2n) is 7.06. The van der Waals surface area contributed by atoms with Crippen LogP contribution in [0.2, 0.25) is 0 Å². The minimum absolute atomic E-state index is 0.130. The van der Waals surface area contributed by atoms with Gasteiger partial charge in [0.25, 0.3) is 0 Å². The van der Waals surface area contributed by atoms with Gasteiger partial charge in [0.1, 0.15) is 5.75 Å². The Hall–Kier alpha value is -1.78. The molecule has 3 aromatic rings. The van der Waals surface area contributed by atoms with Crippen LogP contribution in [0.1, 0.15) is 37.3 Å². The van der Waals surface area contributed by atoms with Gasteiger partial charge < -0.3 is 9.30 Å². The van der Waals surface area contributed by atoms with Crippen molar-refractivity contribution in [3.63, 3.8) is 0 Å². The van der Waals surface area contributed by atoms with Crippen LogP contribution < -0.4 is 10.2 Å². The van der Waals surface area contributed by atoms with E-state index < -0.39 is 0 Å². The summed E-state index contributed by atoms with van der Waals surface area (Å²) in [5.74, 6) is 1.44. The summed E-state index contributed by atoms with van der Waals surface area (Å²) in [4.78, 5) is 13.5. The summed E-state index contributed by atoms with van der Waals surface area (Å²) in [5, 5.41) is 4.92. The van der Waals surface area contributed by atoms with Crippen molar-refractivity contribution < 1.29 is 4.74 Å². The number of aromatic nitrogens is 1. The van der Waals surface area contributed by atoms with E-state index in [2.05, 4.69) is 17.6 Å². The van der Waals surface area contributed by atoms with Crippen LogP contribution in [0.4, 0.5) is 0 Å². The van der Waals surface area contributed by atoms with Gasteiger partial charge in [0, 0.05) is 24.2 Å². The molecule has 1 aromatic carbocycles. The van der Waals surface area contributed by atoms with Gasteiger partial charge in [0.15, 0.2) is 5.43 Å². The van der Waals surface area contributed by atoms with Crippen molar-refractivity contribution in [2.75, 3.05) is 12.5 Å². The smallest absolute Gasteiger partial charge is 0.197 e. The molecule has 0 aliphatic heterocycles. The van der Waals surface area contributed by atoms with Gasteiger partial charge in [-0.2, -0.15) is 11.3 Å². The SMILES string of the molecule is CCCOc1cc2c(c3c(=O)c(-c4ccsc4)cn(CCCCl)c13)CCC2. The van der Waals surface area contributed by atoms with Gasteiger partial charge in [-0.05, 0) is 71.7 Å². The summed E-state index contributed by atoms with van der Waals surface area (Å²) in [5.41, 5.74) is 5.34. The lowest BCUT2D eigenvalue weighted by atomic mass is 9.99. The molecule has 0 saturated heterocycles. The Morgan fingerprint density at radius 2 is 2.22 bits per heavy atom. The lowest BCUT2D eigenvalue weighted by Crippen LogP contribution is -2.16. The first kappa shape index (κ1) is 18.6. The molecule has 0 fully saturated rings. The average molecular weight is 402 g/mol. The van der Waals surface area contributed by atoms with Gasteiger partial charge in [-0.25, -0.2) is 0 Å². The van der Waals surface area contributed by atoms with Crippen LogP contribution >= 0.6 is 22.9 Å². The van der Waals surface area contributed by atoms with Crippen LogP contribution in [0.5, 0.6) is 5.75 Å². The first-order chi connectivity index (χ1) is 13.2. The van der Waals surface area contributed by atoms with Gasteiger partial charge in [-0.15, -0.1) is 11.6 Å². The lowest BCUT2D eigenvalue weighted by molar-refractivity contribution is 0.319. The standard InChI is InChI=1S/C22H24ClNO2S/c1-2-10-26-19-12-15-5-3-6-17(15)20-21(19)24(9-4-8-23)13-18(22(20)25)16-7-11-27-14-16/h7,11-14H,2-6,8-10H2,1H3. The van der Waals surface area contributed by atoms with Crippen molar-refractivity contribution in [1.29, 1.82) is 0 Å². The Labute approximate surface area is 168 Å². The third kappa shape index (κ3) is 3.41. The summed E-state index contributed by atoms with van der Waals surface area (Å²) in [6, 6.07) is 4.19. The third-order valence-electron chi connectivity index (χ3n) is 5.21. The van der Waals surface area contributed by atoms with E-state index in [1.54, 1.807) is 11.3 Å². The lowest BCUT2D eigenvalue weighted by Gasteiger charge is -2.19. The molecule has 0 radical (unpaired) electrons. The number of alkyl halides is 1. The quantitative estimate of drug-likeness (QED) is 0.480. The molecule has 2 aromatic heterocycles. The summed E-state index contributed by atoms with van der Waals surface area (Å²) < 4.78 is 8.30. The largest absolute Gasteiger partial charge is 0.491 e. The predicted octanol–water partition coefficient (Wildman–Crippen LogP) is 5.64. The minimum Gasteiger partial charge on any atom is -0.491 e. The molecular weight excluding hydrogens is 378 g/mol. The van der Waals surface area contributed by atoms with E-state index in [-0.39, 0.29) is 5.43 Å². The molecule has 1 aliphatic carbocycles. The van der Waals surface area contributed by atoms with Crippen molar-refractivity contribution >= 4 is 33.8 Å². The predicted molar refractivity (Wildman–Crippen MR) is 115 cm³/mol. The van der Waals surface area contributed by atoms with Gasteiger partial charge in [-0.1, -0.05) is 6.92 Å². The highest BCUT2D eigenvalue weighted by molar-refractivity contribution is 7.08. The zero-order valence-electron chi connectivity index (χ0n) is 15.6. The van der Waals surface area contributed by atoms with Crippen molar-refractivity contribution in [3.8, 4) is 16.9 Å². The number of thiophene rings is 1. The molecule has 2 heterocycles. The highest BCUT2D eigenvalue weighted by Gasteiger charge is 2.23. The molecule has 1 aliphatic rings. The Morgan fingerprint density at radius 3 is 2.96 bits per heavy atom. The minimum atomic E-state index is 0.130. The molecule has 0 saturated carbocycles. The van der Waals surface area contributed by atoms with Crippen molar-refractivity contribution in [2.45, 2.75) is 45.6 Å². The number of rotatable bonds is 7. The highest BCUT2D eigenvalue weighted by atomic mass is 35.5. The number of benzene rings is 1. The van der Waals surface area contributed by atoms with E-state index in [1.807, 2.05) is 23.0 Å². The fourth-order valence-electron chi connectivity index (χ4n) is 4.00. The molecule has 5 heteroatoms. The van der Waals surface area contributed by atoms with Crippen LogP contribution in [0.15, 0.2) is 33.9 Å². The Morgan fingerprint density at radius 1 is 1.33 bits per heavy atom. The fraction of sp³-hybridized carbons (Fsp3) is 0.409. The van der Waals surface area contributed by atoms with Crippen LogP contribution in [0.3, 0.4) is 0 Å². The first-order valence-electron chi connectivity index (χ1n) is 9.67. The van der Waals surface area contributed by atoms with Gasteiger partial charge in [0.05, 0.1) is 17.5 Å². The van der Waals surface area contributed by atoms with E-state index in [9.17, 15) is 4.79 Å². The Kier molecular flexibility index (Phi) is 5.55. The number of nitrogens with zero attached hydrogens (tertiary/aromatic N) is 1. The van der Waals surface area contributed by atoms with E-state index >= 15 is 0 Å². The van der Waals surface area contributed by atoms with Crippen LogP contribution in [-0.2, 0) is 19.4 Å². The van der Waals surface area contributed by atoms with Gasteiger partial charge in [0.2, 0.25) is 0 Å². The van der Waals surface area contributed by atoms with Crippen molar-refractivity contribution in [1.82, 2.24) is 4.57 Å². The molecule has 0 atom stereocenters. The summed E-state index contributed by atoms with van der Waals surface area (Å²) in [7, 11) is 0. The number of aryl methyl sites for hydroxylation is 3. The van der Waals surface area contributed by atoms with E-state index in [4.69, 9.17) is 16.3 Å². The first-order valence-corrected chi connectivity index (χ1v) is 11.2. The molecule has 0 amide bonds. The maximum absolute atomic E-state index is 13.5. The van der Waals surface area contributed by atoms with Crippen LogP contribution in [0, 0.1) is 0 Å². The number of hydrogen-bond donors (Lipinski definition) is 0. The maximum atomic E-state index is 13.5. The maximum Gasteiger partial charge on any atom is 0.197 e. The van der Waals surface area contributed by atoms with E-state index in [0.717, 1.165) is 66.4 Å². The van der Waals surface area contributed by atoms with E-state index in [0.29, 0.717) is 12.5 Å². The normalized spacial score (nSPS) is 13.3. The second-order valence-corrected chi connectivity index (χ2v) is 8.22. The molecule has 142 valence electrons. The zero-order chi connectivity index (χ0) is 18.8. The summed E-state index contributed by atoms with van der Waals surface area (Å²) in [6.45, 7) is 3.54. The van der Waals surface area contributed by atoms with Crippen LogP contribution in [-0.4, -0.2) is 17.1 Å². The average Bonchev–Trinajstić information content (AvgIpc) is 3.36.